The number of alkyl halides is 3. The summed E-state index contributed by atoms with van der Waals surface area (Å²) >= 11 is 0. The Balaban J connectivity index is 2.59. The summed E-state index contributed by atoms with van der Waals surface area (Å²) in [6.07, 6.45) is -3.58. The maximum Gasteiger partial charge on any atom is 0.436 e. The van der Waals surface area contributed by atoms with Crippen LogP contribution in [0.5, 0.6) is 5.88 Å². The van der Waals surface area contributed by atoms with Gasteiger partial charge in [-0.2, -0.15) is 18.3 Å². The number of thiol groups is 1. The molecule has 1 aliphatic heterocycles. The lowest BCUT2D eigenvalue weighted by Gasteiger charge is -2.20. The van der Waals surface area contributed by atoms with Crippen molar-refractivity contribution in [1.29, 1.82) is 0 Å². The van der Waals surface area contributed by atoms with Crippen LogP contribution in [-0.2, 0) is 28.0 Å². The van der Waals surface area contributed by atoms with Crippen molar-refractivity contribution in [3.05, 3.63) is 5.69 Å². The van der Waals surface area contributed by atoms with Gasteiger partial charge in [-0.25, -0.2) is 4.68 Å². The number of oxime groups is 1. The number of halogens is 3. The van der Waals surface area contributed by atoms with Crippen LogP contribution in [0.25, 0.3) is 0 Å². The molecule has 0 aliphatic carbocycles. The van der Waals surface area contributed by atoms with Gasteiger partial charge in [0.2, 0.25) is 5.88 Å². The highest BCUT2D eigenvalue weighted by atomic mass is 32.2. The van der Waals surface area contributed by atoms with E-state index in [1.807, 2.05) is 0 Å². The lowest BCUT2D eigenvalue weighted by atomic mass is 10.1. The predicted molar refractivity (Wildman–Crippen MR) is 70.8 cm³/mol. The first-order valence-electron chi connectivity index (χ1n) is 6.03. The summed E-state index contributed by atoms with van der Waals surface area (Å²) < 4.78 is 52.6. The van der Waals surface area contributed by atoms with Crippen molar-refractivity contribution in [3.63, 3.8) is 0 Å². The number of aromatic hydroxyl groups is 1. The number of hydrogen-bond acceptors (Lipinski definition) is 5. The van der Waals surface area contributed by atoms with Crippen LogP contribution in [0, 0.1) is 0 Å². The molecule has 1 aliphatic rings. The van der Waals surface area contributed by atoms with Crippen LogP contribution in [-0.4, -0.2) is 36.0 Å². The second-order valence-corrected chi connectivity index (χ2v) is 8.41. The summed E-state index contributed by atoms with van der Waals surface area (Å²) in [6, 6.07) is 0. The van der Waals surface area contributed by atoms with Crippen molar-refractivity contribution in [2.45, 2.75) is 36.9 Å². The van der Waals surface area contributed by atoms with Crippen LogP contribution < -0.4 is 0 Å². The molecule has 0 fully saturated rings. The van der Waals surface area contributed by atoms with Gasteiger partial charge < -0.3 is 9.94 Å². The zero-order valence-electron chi connectivity index (χ0n) is 11.9. The third-order valence-electron chi connectivity index (χ3n) is 3.16. The van der Waals surface area contributed by atoms with Gasteiger partial charge in [-0.3, -0.25) is 4.21 Å². The fraction of sp³-hybridized carbons (Fsp3) is 0.636. The Morgan fingerprint density at radius 3 is 2.43 bits per heavy atom. The molecule has 0 amide bonds. The van der Waals surface area contributed by atoms with Crippen molar-refractivity contribution in [1.82, 2.24) is 9.78 Å². The lowest BCUT2D eigenvalue weighted by molar-refractivity contribution is -0.143. The third kappa shape index (κ3) is 2.63. The highest BCUT2D eigenvalue weighted by molar-refractivity contribution is 8.16. The molecule has 0 radical (unpaired) electrons. The second kappa shape index (κ2) is 4.46. The molecule has 0 saturated carbocycles. The van der Waals surface area contributed by atoms with Crippen LogP contribution in [0.15, 0.2) is 10.1 Å². The minimum atomic E-state index is -4.82. The molecule has 21 heavy (non-hydrogen) atoms. The molecule has 0 spiro atoms. The summed E-state index contributed by atoms with van der Waals surface area (Å²) in [5, 5.41) is 16.7. The molecule has 1 aromatic heterocycles. The minimum Gasteiger partial charge on any atom is -0.493 e. The maximum absolute atomic E-state index is 13.0. The Hall–Kier alpha value is -1.58. The van der Waals surface area contributed by atoms with E-state index in [2.05, 4.69) is 10.3 Å². The molecule has 10 heteroatoms. The molecular weight excluding hydrogens is 311 g/mol. The molecule has 120 valence electrons. The van der Waals surface area contributed by atoms with Crippen molar-refractivity contribution in [2.24, 2.45) is 12.2 Å². The van der Waals surface area contributed by atoms with Crippen LogP contribution in [0.1, 0.15) is 26.0 Å². The molecule has 0 atom stereocenters. The van der Waals surface area contributed by atoms with Gasteiger partial charge in [0.05, 0.1) is 0 Å². The highest BCUT2D eigenvalue weighted by Crippen LogP contribution is 2.42. The quantitative estimate of drug-likeness (QED) is 0.769. The number of aryl methyl sites for hydroxylation is 1. The Morgan fingerprint density at radius 1 is 1.43 bits per heavy atom. The lowest BCUT2D eigenvalue weighted by Crippen LogP contribution is -2.28. The van der Waals surface area contributed by atoms with Gasteiger partial charge in [0, 0.05) is 13.5 Å². The molecule has 0 saturated heterocycles. The van der Waals surface area contributed by atoms with Gasteiger partial charge in [-0.15, -0.1) is 0 Å². The average Bonchev–Trinajstić information content (AvgIpc) is 2.80. The van der Waals surface area contributed by atoms with Crippen LogP contribution >= 0.6 is 0 Å². The first kappa shape index (κ1) is 15.8. The van der Waals surface area contributed by atoms with E-state index in [1.165, 1.54) is 0 Å². The Kier molecular flexibility index (Phi) is 3.35. The Bertz CT molecular complexity index is 664. The van der Waals surface area contributed by atoms with Crippen molar-refractivity contribution < 1.29 is 27.3 Å². The van der Waals surface area contributed by atoms with Gasteiger partial charge in [-0.1, -0.05) is 5.16 Å². The molecule has 2 rings (SSSR count). The largest absolute Gasteiger partial charge is 0.493 e. The van der Waals surface area contributed by atoms with E-state index in [0.717, 1.165) is 13.3 Å². The number of aromatic nitrogens is 2. The molecule has 6 nitrogen and oxygen atoms in total. The van der Waals surface area contributed by atoms with E-state index < -0.39 is 38.2 Å². The fourth-order valence-electron chi connectivity index (χ4n) is 2.07. The van der Waals surface area contributed by atoms with E-state index in [9.17, 15) is 22.5 Å². The summed E-state index contributed by atoms with van der Waals surface area (Å²) in [5.74, 6) is -0.777. The van der Waals surface area contributed by atoms with Crippen molar-refractivity contribution in [3.8, 4) is 5.88 Å². The zero-order valence-corrected chi connectivity index (χ0v) is 12.8. The van der Waals surface area contributed by atoms with Crippen LogP contribution in [0.4, 0.5) is 13.2 Å². The number of hydrogen-bond donors (Lipinski definition) is 2. The summed E-state index contributed by atoms with van der Waals surface area (Å²) in [6.45, 7) is 3.36. The van der Waals surface area contributed by atoms with Gasteiger partial charge in [0.1, 0.15) is 15.5 Å². The van der Waals surface area contributed by atoms with E-state index in [0.29, 0.717) is 4.68 Å². The Morgan fingerprint density at radius 2 is 2.00 bits per heavy atom. The van der Waals surface area contributed by atoms with E-state index in [4.69, 9.17) is 4.84 Å². The van der Waals surface area contributed by atoms with Gasteiger partial charge in [0.25, 0.3) is 0 Å². The molecule has 0 unspecified atom stereocenters. The van der Waals surface area contributed by atoms with E-state index in [-0.39, 0.29) is 11.5 Å². The van der Waals surface area contributed by atoms with Crippen LogP contribution in [0.3, 0.4) is 0 Å². The second-order valence-electron chi connectivity index (χ2n) is 5.60. The maximum atomic E-state index is 13.0. The van der Waals surface area contributed by atoms with E-state index >= 15 is 0 Å². The monoisotopic (exact) mass is 327 g/mol. The first-order chi connectivity index (χ1) is 9.36. The van der Waals surface area contributed by atoms with Crippen molar-refractivity contribution in [2.75, 3.05) is 6.26 Å². The van der Waals surface area contributed by atoms with Crippen molar-refractivity contribution >= 4 is 15.0 Å². The summed E-state index contributed by atoms with van der Waals surface area (Å²) in [5.41, 5.74) is -2.10. The molecule has 1 aromatic rings. The summed E-state index contributed by atoms with van der Waals surface area (Å²) in [4.78, 5) is 4.33. The molecule has 0 aromatic carbocycles. The minimum absolute atomic E-state index is 0.00120. The zero-order chi connectivity index (χ0) is 16.2. The number of rotatable bonds is 1. The predicted octanol–water partition coefficient (Wildman–Crippen LogP) is 1.66. The standard InChI is InChI=1S/C11H16F3N3O3S/c1-10(2)5-6(16-20-10)21(4,19)7-8(11(12,13)14)15-17(3)9(7)18/h18,21H,5H2,1-4H3. The molecule has 0 bridgehead atoms. The van der Waals surface area contributed by atoms with Gasteiger partial charge in [0.15, 0.2) is 5.69 Å². The molecular formula is C11H16F3N3O3S. The van der Waals surface area contributed by atoms with Gasteiger partial charge >= 0.3 is 6.18 Å². The fourth-order valence-corrected chi connectivity index (χ4v) is 4.31. The SMILES string of the molecule is Cn1nc(C(F)(F)F)c([SH](C)(=O)C2=NOC(C)(C)C2)c1O. The first-order valence-corrected chi connectivity index (χ1v) is 8.18. The van der Waals surface area contributed by atoms with Crippen LogP contribution in [0.2, 0.25) is 0 Å². The molecule has 1 N–H and O–H groups in total. The highest BCUT2D eigenvalue weighted by Gasteiger charge is 2.45. The average molecular weight is 327 g/mol. The Labute approximate surface area is 120 Å². The normalized spacial score (nSPS) is 19.3. The molecule has 2 heterocycles. The topological polar surface area (TPSA) is 76.7 Å². The summed E-state index contributed by atoms with van der Waals surface area (Å²) in [7, 11) is -2.61. The van der Waals surface area contributed by atoms with Gasteiger partial charge in [-0.05, 0) is 30.0 Å². The smallest absolute Gasteiger partial charge is 0.436 e. The third-order valence-corrected chi connectivity index (χ3v) is 5.65. The number of nitrogens with zero attached hydrogens (tertiary/aromatic N) is 3. The van der Waals surface area contributed by atoms with E-state index in [1.54, 1.807) is 13.8 Å².